The third-order valence-corrected chi connectivity index (χ3v) is 7.00. The van der Waals surface area contributed by atoms with Crippen molar-refractivity contribution < 1.29 is 31.1 Å². The van der Waals surface area contributed by atoms with Crippen LogP contribution in [0.1, 0.15) is 51.1 Å². The van der Waals surface area contributed by atoms with Gasteiger partial charge in [0.25, 0.3) is 0 Å². The number of alkyl halides is 3. The number of nitrogens with zero attached hydrogens (tertiary/aromatic N) is 3. The number of aromatic nitrogens is 2. The molecular formula is C20H30F3N3O4S. The van der Waals surface area contributed by atoms with Crippen LogP contribution in [0.4, 0.5) is 13.2 Å². The van der Waals surface area contributed by atoms with E-state index < -0.39 is 22.1 Å². The number of ether oxygens (including phenoxy) is 2. The van der Waals surface area contributed by atoms with Crippen LogP contribution in [-0.2, 0) is 14.6 Å². The van der Waals surface area contributed by atoms with E-state index in [1.165, 1.54) is 18.0 Å². The van der Waals surface area contributed by atoms with Crippen molar-refractivity contribution in [2.24, 2.45) is 0 Å². The molecule has 1 saturated heterocycles. The Morgan fingerprint density at radius 1 is 1.06 bits per heavy atom. The minimum atomic E-state index is -4.19. The number of hydrogen-bond acceptors (Lipinski definition) is 7. The number of likely N-dealkylation sites (tertiary alicyclic amines) is 1. The Balaban J connectivity index is 1.43. The van der Waals surface area contributed by atoms with Gasteiger partial charge in [-0.25, -0.2) is 18.4 Å². The molecule has 1 atom stereocenters. The van der Waals surface area contributed by atoms with Crippen molar-refractivity contribution in [3.05, 3.63) is 11.9 Å². The van der Waals surface area contributed by atoms with Crippen LogP contribution in [0.2, 0.25) is 0 Å². The van der Waals surface area contributed by atoms with Gasteiger partial charge < -0.3 is 9.47 Å². The molecule has 0 spiro atoms. The minimum absolute atomic E-state index is 0.00389. The molecule has 7 nitrogen and oxygen atoms in total. The van der Waals surface area contributed by atoms with Crippen molar-refractivity contribution in [3.63, 3.8) is 0 Å². The summed E-state index contributed by atoms with van der Waals surface area (Å²) in [5.74, 6) is 0.336. The Morgan fingerprint density at radius 3 is 2.13 bits per heavy atom. The summed E-state index contributed by atoms with van der Waals surface area (Å²) in [7, 11) is -3.42. The molecule has 0 aromatic carbocycles. The number of sulfone groups is 1. The molecule has 176 valence electrons. The van der Waals surface area contributed by atoms with Crippen LogP contribution in [0.25, 0.3) is 0 Å². The van der Waals surface area contributed by atoms with E-state index in [0.29, 0.717) is 37.5 Å². The highest BCUT2D eigenvalue weighted by molar-refractivity contribution is 7.90. The van der Waals surface area contributed by atoms with E-state index in [4.69, 9.17) is 9.47 Å². The second kappa shape index (κ2) is 9.58. The van der Waals surface area contributed by atoms with Crippen molar-refractivity contribution in [2.75, 3.05) is 19.3 Å². The first kappa shape index (κ1) is 24.2. The van der Waals surface area contributed by atoms with Gasteiger partial charge in [0.2, 0.25) is 5.88 Å². The molecule has 1 aromatic rings. The van der Waals surface area contributed by atoms with E-state index in [1.807, 2.05) is 0 Å². The summed E-state index contributed by atoms with van der Waals surface area (Å²) < 4.78 is 73.9. The van der Waals surface area contributed by atoms with Gasteiger partial charge in [0.15, 0.2) is 14.9 Å². The Bertz CT molecular complexity index is 850. The molecule has 1 aliphatic heterocycles. The zero-order valence-corrected chi connectivity index (χ0v) is 18.9. The highest BCUT2D eigenvalue weighted by Crippen LogP contribution is 2.30. The maximum atomic E-state index is 12.9. The van der Waals surface area contributed by atoms with Gasteiger partial charge in [0.1, 0.15) is 17.8 Å². The molecule has 0 radical (unpaired) electrons. The molecule has 31 heavy (non-hydrogen) atoms. The molecule has 11 heteroatoms. The zero-order valence-electron chi connectivity index (χ0n) is 18.1. The average molecular weight is 466 g/mol. The Morgan fingerprint density at radius 2 is 1.61 bits per heavy atom. The summed E-state index contributed by atoms with van der Waals surface area (Å²) in [6.07, 6.45) is 2.48. The van der Waals surface area contributed by atoms with E-state index in [-0.39, 0.29) is 23.3 Å². The van der Waals surface area contributed by atoms with E-state index in [9.17, 15) is 21.6 Å². The van der Waals surface area contributed by atoms with Crippen LogP contribution in [0.5, 0.6) is 5.88 Å². The summed E-state index contributed by atoms with van der Waals surface area (Å²) in [5.41, 5.74) is 0.432. The van der Waals surface area contributed by atoms with Crippen molar-refractivity contribution in [2.45, 2.75) is 87.9 Å². The van der Waals surface area contributed by atoms with Crippen molar-refractivity contribution in [1.82, 2.24) is 14.9 Å². The van der Waals surface area contributed by atoms with Crippen molar-refractivity contribution in [3.8, 4) is 5.88 Å². The van der Waals surface area contributed by atoms with Crippen LogP contribution < -0.4 is 4.74 Å². The molecule has 1 aliphatic carbocycles. The molecule has 1 aromatic heterocycles. The third-order valence-electron chi connectivity index (χ3n) is 6.04. The van der Waals surface area contributed by atoms with Gasteiger partial charge in [0.05, 0.1) is 18.4 Å². The number of hydrogen-bond donors (Lipinski definition) is 0. The van der Waals surface area contributed by atoms with Crippen LogP contribution in [0.3, 0.4) is 0 Å². The van der Waals surface area contributed by atoms with Gasteiger partial charge >= 0.3 is 6.18 Å². The Labute approximate surface area is 181 Å². The summed E-state index contributed by atoms with van der Waals surface area (Å²) in [6, 6.07) is -1.42. The van der Waals surface area contributed by atoms with Crippen LogP contribution >= 0.6 is 0 Å². The van der Waals surface area contributed by atoms with E-state index in [2.05, 4.69) is 9.97 Å². The lowest BCUT2D eigenvalue weighted by Crippen LogP contribution is -2.49. The van der Waals surface area contributed by atoms with Gasteiger partial charge in [-0.2, -0.15) is 13.2 Å². The molecule has 2 fully saturated rings. The van der Waals surface area contributed by atoms with E-state index >= 15 is 0 Å². The van der Waals surface area contributed by atoms with E-state index in [1.54, 1.807) is 6.92 Å². The highest BCUT2D eigenvalue weighted by Gasteiger charge is 2.41. The fraction of sp³-hybridized carbons (Fsp3) is 0.800. The molecule has 1 saturated carbocycles. The fourth-order valence-corrected chi connectivity index (χ4v) is 4.61. The number of aryl methyl sites for hydroxylation is 1. The molecule has 0 N–H and O–H groups in total. The first-order chi connectivity index (χ1) is 14.4. The average Bonchev–Trinajstić information content (AvgIpc) is 2.69. The monoisotopic (exact) mass is 465 g/mol. The molecule has 0 bridgehead atoms. The van der Waals surface area contributed by atoms with Gasteiger partial charge in [0, 0.05) is 19.3 Å². The second-order valence-electron chi connectivity index (χ2n) is 8.48. The Hall–Kier alpha value is -1.46. The normalized spacial score (nSPS) is 25.4. The van der Waals surface area contributed by atoms with Crippen molar-refractivity contribution in [1.29, 1.82) is 0 Å². The van der Waals surface area contributed by atoms with Gasteiger partial charge in [-0.05, 0) is 52.4 Å². The van der Waals surface area contributed by atoms with Crippen LogP contribution in [-0.4, -0.2) is 73.2 Å². The van der Waals surface area contributed by atoms with Gasteiger partial charge in [-0.15, -0.1) is 0 Å². The topological polar surface area (TPSA) is 81.6 Å². The van der Waals surface area contributed by atoms with Crippen LogP contribution in [0, 0.1) is 6.92 Å². The zero-order chi connectivity index (χ0) is 22.8. The largest absolute Gasteiger partial charge is 0.473 e. The first-order valence-electron chi connectivity index (χ1n) is 10.6. The molecule has 1 unspecified atom stereocenters. The summed E-state index contributed by atoms with van der Waals surface area (Å²) >= 11 is 0. The Kier molecular flexibility index (Phi) is 7.47. The SMILES string of the molecule is Cc1nc(S(C)(=O)=O)cnc1OC1CCC(OC2CCN(C(C)C(F)(F)F)CC2)CC1. The third kappa shape index (κ3) is 6.52. The lowest BCUT2D eigenvalue weighted by Gasteiger charge is -2.38. The minimum Gasteiger partial charge on any atom is -0.473 e. The predicted octanol–water partition coefficient (Wildman–Crippen LogP) is 3.31. The smallest absolute Gasteiger partial charge is 0.403 e. The lowest BCUT2D eigenvalue weighted by molar-refractivity contribution is -0.185. The van der Waals surface area contributed by atoms with Gasteiger partial charge in [-0.3, -0.25) is 4.90 Å². The summed E-state index contributed by atoms with van der Waals surface area (Å²) in [5, 5.41) is -0.0786. The quantitative estimate of drug-likeness (QED) is 0.638. The fourth-order valence-electron chi connectivity index (χ4n) is 4.07. The standard InChI is InChI=1S/C20H30F3N3O4S/c1-13-19(24-12-18(25-13)31(3,27)28)30-16-6-4-15(5-7-16)29-17-8-10-26(11-9-17)14(2)20(21,22)23/h12,14-17H,4-11H2,1-3H3. The predicted molar refractivity (Wildman–Crippen MR) is 108 cm³/mol. The van der Waals surface area contributed by atoms with Crippen LogP contribution in [0.15, 0.2) is 11.2 Å². The number of piperidine rings is 1. The second-order valence-corrected chi connectivity index (χ2v) is 10.4. The maximum absolute atomic E-state index is 12.9. The molecule has 3 rings (SSSR count). The number of rotatable bonds is 6. The van der Waals surface area contributed by atoms with E-state index in [0.717, 1.165) is 31.9 Å². The van der Waals surface area contributed by atoms with Crippen molar-refractivity contribution >= 4 is 9.84 Å². The first-order valence-corrected chi connectivity index (χ1v) is 12.5. The summed E-state index contributed by atoms with van der Waals surface area (Å²) in [4.78, 5) is 9.65. The lowest BCUT2D eigenvalue weighted by atomic mass is 9.94. The van der Waals surface area contributed by atoms with Gasteiger partial charge in [-0.1, -0.05) is 0 Å². The number of halogens is 3. The molecule has 2 heterocycles. The highest BCUT2D eigenvalue weighted by atomic mass is 32.2. The molecular weight excluding hydrogens is 435 g/mol. The maximum Gasteiger partial charge on any atom is 0.403 e. The molecule has 0 amide bonds. The summed E-state index contributed by atoms with van der Waals surface area (Å²) in [6.45, 7) is 3.66. The molecule has 2 aliphatic rings.